The maximum atomic E-state index is 13.8. The van der Waals surface area contributed by atoms with Crippen LogP contribution in [0.4, 0.5) is 0 Å². The average molecular weight is 861 g/mol. The van der Waals surface area contributed by atoms with Crippen LogP contribution in [0.5, 0.6) is 5.75 Å². The van der Waals surface area contributed by atoms with Gasteiger partial charge in [0.1, 0.15) is 48.3 Å². The molecule has 0 saturated carbocycles. The average Bonchev–Trinajstić information content (AvgIpc) is 3.17. The highest BCUT2D eigenvalue weighted by Gasteiger charge is 2.36. The first kappa shape index (κ1) is 52.9. The van der Waals surface area contributed by atoms with Crippen molar-refractivity contribution in [2.45, 2.75) is 136 Å². The summed E-state index contributed by atoms with van der Waals surface area (Å²) in [6.07, 6.45) is -0.346. The van der Waals surface area contributed by atoms with Crippen LogP contribution in [-0.2, 0) is 54.4 Å². The van der Waals surface area contributed by atoms with E-state index in [0.29, 0.717) is 18.3 Å². The summed E-state index contributed by atoms with van der Waals surface area (Å²) < 4.78 is 0. The van der Waals surface area contributed by atoms with E-state index in [9.17, 15) is 53.1 Å². The second-order valence-electron chi connectivity index (χ2n) is 15.9. The zero-order valence-electron chi connectivity index (χ0n) is 36.0. The molecular weight excluding hydrogens is 796 g/mol. The number of primary amides is 2. The van der Waals surface area contributed by atoms with Gasteiger partial charge in [-0.1, -0.05) is 60.1 Å². The Morgan fingerprint density at radius 2 is 1.07 bits per heavy atom. The normalized spacial score (nSPS) is 15.5. The molecule has 1 aromatic rings. The van der Waals surface area contributed by atoms with Crippen LogP contribution < -0.4 is 54.4 Å². The van der Waals surface area contributed by atoms with Crippen LogP contribution in [0.15, 0.2) is 24.3 Å². The maximum absolute atomic E-state index is 13.8. The monoisotopic (exact) mass is 860 g/mol. The first-order valence-corrected chi connectivity index (χ1v) is 20.1. The summed E-state index contributed by atoms with van der Waals surface area (Å²) in [5, 5.41) is 27.1. The number of hydrogen-bond donors (Lipinski definition) is 11. The van der Waals surface area contributed by atoms with E-state index in [0.717, 1.165) is 0 Å². The summed E-state index contributed by atoms with van der Waals surface area (Å²) in [6.45, 7) is 13.1. The zero-order valence-corrected chi connectivity index (χ0v) is 36.0. The number of nitrogens with one attached hydrogen (secondary N) is 7. The summed E-state index contributed by atoms with van der Waals surface area (Å²) in [5.74, 6) is -8.97. The Labute approximate surface area is 355 Å². The minimum absolute atomic E-state index is 0.0204. The van der Waals surface area contributed by atoms with Gasteiger partial charge in [-0.15, -0.1) is 0 Å². The van der Waals surface area contributed by atoms with E-state index in [1.807, 2.05) is 13.8 Å². The van der Waals surface area contributed by atoms with Crippen molar-refractivity contribution in [1.82, 2.24) is 37.2 Å². The van der Waals surface area contributed by atoms with Gasteiger partial charge in [0.05, 0.1) is 24.9 Å². The van der Waals surface area contributed by atoms with Gasteiger partial charge in [0, 0.05) is 6.42 Å². The van der Waals surface area contributed by atoms with Crippen LogP contribution in [0.25, 0.3) is 0 Å². The minimum atomic E-state index is -1.68. The van der Waals surface area contributed by atoms with Gasteiger partial charge in [-0.05, 0) is 55.7 Å². The van der Waals surface area contributed by atoms with E-state index in [-0.39, 0.29) is 30.4 Å². The van der Waals surface area contributed by atoms with E-state index in [1.165, 1.54) is 38.1 Å². The molecule has 0 radical (unpaired) electrons. The van der Waals surface area contributed by atoms with Crippen molar-refractivity contribution in [3.63, 3.8) is 0 Å². The third-order valence-electron chi connectivity index (χ3n) is 9.51. The number of aromatic hydroxyl groups is 1. The van der Waals surface area contributed by atoms with Crippen LogP contribution in [-0.4, -0.2) is 113 Å². The Balaban J connectivity index is 3.38. The molecule has 0 aliphatic carbocycles. The third-order valence-corrected chi connectivity index (χ3v) is 9.51. The Bertz CT molecular complexity index is 1720. The fourth-order valence-electron chi connectivity index (χ4n) is 5.81. The van der Waals surface area contributed by atoms with Gasteiger partial charge in [-0.3, -0.25) is 43.2 Å². The van der Waals surface area contributed by atoms with Crippen LogP contribution in [0.2, 0.25) is 0 Å². The van der Waals surface area contributed by atoms with Crippen molar-refractivity contribution in [3.8, 4) is 5.75 Å². The van der Waals surface area contributed by atoms with Crippen molar-refractivity contribution >= 4 is 59.5 Å². The number of benzene rings is 1. The van der Waals surface area contributed by atoms with Crippen LogP contribution >= 0.6 is 0 Å². The van der Waals surface area contributed by atoms with Crippen molar-refractivity contribution in [1.29, 1.82) is 0 Å². The number of hydrogen-bond acceptors (Lipinski definition) is 12. The Morgan fingerprint density at radius 3 is 1.52 bits per heavy atom. The Morgan fingerprint density at radius 1 is 0.607 bits per heavy atom. The molecule has 0 fully saturated rings. The molecule has 1 rings (SSSR count). The van der Waals surface area contributed by atoms with Crippen molar-refractivity contribution in [2.24, 2.45) is 35.0 Å². The number of phenolic OH excluding ortho intramolecular Hbond substituents is 1. The molecule has 0 aliphatic rings. The lowest BCUT2D eigenvalue weighted by atomic mass is 9.96. The summed E-state index contributed by atoms with van der Waals surface area (Å²) in [6, 6.07) is -4.72. The highest BCUT2D eigenvalue weighted by atomic mass is 16.3. The van der Waals surface area contributed by atoms with Gasteiger partial charge in [0.25, 0.3) is 0 Å². The number of aldehydes is 1. The molecule has 0 aromatic heterocycles. The maximum Gasteiger partial charge on any atom is 0.243 e. The first-order valence-electron chi connectivity index (χ1n) is 20.1. The van der Waals surface area contributed by atoms with Crippen LogP contribution in [0, 0.1) is 17.8 Å². The predicted molar refractivity (Wildman–Crippen MR) is 222 cm³/mol. The second kappa shape index (κ2) is 25.5. The topological polar surface area (TPSA) is 353 Å². The minimum Gasteiger partial charge on any atom is -0.508 e. The smallest absolute Gasteiger partial charge is 0.243 e. The largest absolute Gasteiger partial charge is 0.508 e. The van der Waals surface area contributed by atoms with Gasteiger partial charge in [-0.2, -0.15) is 0 Å². The molecule has 0 aliphatic heterocycles. The molecule has 61 heavy (non-hydrogen) atoms. The summed E-state index contributed by atoms with van der Waals surface area (Å²) in [4.78, 5) is 129. The molecule has 21 nitrogen and oxygen atoms in total. The van der Waals surface area contributed by atoms with Gasteiger partial charge >= 0.3 is 0 Å². The van der Waals surface area contributed by atoms with Crippen molar-refractivity contribution < 1.29 is 53.1 Å². The lowest BCUT2D eigenvalue weighted by Gasteiger charge is -2.29. The summed E-state index contributed by atoms with van der Waals surface area (Å²) in [5.41, 5.74) is 16.9. The van der Waals surface area contributed by atoms with Crippen molar-refractivity contribution in [2.75, 3.05) is 0 Å². The lowest BCUT2D eigenvalue weighted by Crippen LogP contribution is -2.61. The van der Waals surface area contributed by atoms with Crippen molar-refractivity contribution in [3.05, 3.63) is 29.8 Å². The van der Waals surface area contributed by atoms with E-state index in [2.05, 4.69) is 37.2 Å². The number of nitrogens with two attached hydrogens (primary N) is 3. The molecule has 1 aromatic carbocycles. The molecule has 14 N–H and O–H groups in total. The number of carbonyl (C=O) groups is 10. The standard InChI is InChI=1S/C40H64N10O11/c1-9-21(6)33(50-34(55)22(7)41)40(61)49-32(20(4)5)39(60)48-29(17-31(43)54)38(59)47-27(15-24-10-12-26(52)13-11-24)36(57)44-23(8)35(56)46-28(16-30(42)53)37(58)45-25(18-51)14-19(2)3/h10-13,18-23,25,27-29,32-33,52H,9,14-17,41H2,1-8H3,(H2,42,53)(H2,43,54)(H,44,57)(H,45,58)(H,46,56)(H,47,59)(H,48,60)(H,49,61)(H,50,55)/t21-,22-,23-,25-,27-,28-,29-,32-,33-/m0/s1. The summed E-state index contributed by atoms with van der Waals surface area (Å²) >= 11 is 0. The molecule has 9 atom stereocenters. The van der Waals surface area contributed by atoms with Gasteiger partial charge in [0.2, 0.25) is 53.2 Å². The quantitative estimate of drug-likeness (QED) is 0.0427. The van der Waals surface area contributed by atoms with Gasteiger partial charge in [-0.25, -0.2) is 0 Å². The lowest BCUT2D eigenvalue weighted by molar-refractivity contribution is -0.137. The third kappa shape index (κ3) is 18.8. The molecule has 21 heteroatoms. The molecule has 0 saturated heterocycles. The fourth-order valence-corrected chi connectivity index (χ4v) is 5.81. The van der Waals surface area contributed by atoms with Crippen LogP contribution in [0.3, 0.4) is 0 Å². The number of carbonyl (C=O) groups excluding carboxylic acids is 10. The second-order valence-corrected chi connectivity index (χ2v) is 15.9. The fraction of sp³-hybridized carbons (Fsp3) is 0.600. The first-order chi connectivity index (χ1) is 28.4. The Kier molecular flexibility index (Phi) is 22.1. The van der Waals surface area contributed by atoms with Crippen LogP contribution in [0.1, 0.15) is 86.6 Å². The highest BCUT2D eigenvalue weighted by Crippen LogP contribution is 2.14. The zero-order chi connectivity index (χ0) is 46.7. The van der Waals surface area contributed by atoms with E-state index in [1.54, 1.807) is 27.7 Å². The SMILES string of the molecule is CC[C@H](C)[C@H](NC(=O)[C@H](C)N)C(=O)N[C@H](C(=O)N[C@@H](CC(N)=O)C(=O)N[C@@H](Cc1ccc(O)cc1)C(=O)N[C@@H](C)C(=O)N[C@@H](CC(N)=O)C(=O)N[C@H](C=O)CC(C)C)C(C)C. The number of phenols is 1. The van der Waals surface area contributed by atoms with Gasteiger partial charge in [0.15, 0.2) is 0 Å². The molecular formula is C40H64N10O11. The number of amides is 9. The van der Waals surface area contributed by atoms with E-state index in [4.69, 9.17) is 17.2 Å². The van der Waals surface area contributed by atoms with E-state index < -0.39 is 120 Å². The number of rotatable bonds is 26. The molecule has 340 valence electrons. The molecule has 0 bridgehead atoms. The molecule has 0 spiro atoms. The van der Waals surface area contributed by atoms with E-state index >= 15 is 0 Å². The molecule has 9 amide bonds. The Hall–Kier alpha value is -6.12. The molecule has 0 heterocycles. The predicted octanol–water partition coefficient (Wildman–Crippen LogP) is -2.61. The molecule has 0 unspecified atom stereocenters. The highest BCUT2D eigenvalue weighted by molar-refractivity contribution is 5.99. The summed E-state index contributed by atoms with van der Waals surface area (Å²) in [7, 11) is 0. The van der Waals surface area contributed by atoms with Gasteiger partial charge < -0.3 is 64.3 Å².